The molecule has 3 aliphatic rings. The van der Waals surface area contributed by atoms with Crippen LogP contribution in [0, 0.1) is 0 Å². The molecule has 0 aliphatic carbocycles. The summed E-state index contributed by atoms with van der Waals surface area (Å²) in [5.41, 5.74) is 12.3. The summed E-state index contributed by atoms with van der Waals surface area (Å²) >= 11 is 6.43. The van der Waals surface area contributed by atoms with Gasteiger partial charge in [-0.1, -0.05) is 73.7 Å². The Balaban J connectivity index is 0.507. The van der Waals surface area contributed by atoms with E-state index >= 15 is 0 Å². The number of urea groups is 1. The number of nitrogens with two attached hydrogens (primary N) is 1. The Morgan fingerprint density at radius 2 is 1.36 bits per heavy atom. The number of imide groups is 1. The van der Waals surface area contributed by atoms with Gasteiger partial charge in [-0.3, -0.25) is 24.5 Å². The summed E-state index contributed by atoms with van der Waals surface area (Å²) in [6, 6.07) is 27.1. The third-order valence-electron chi connectivity index (χ3n) is 15.6. The van der Waals surface area contributed by atoms with E-state index in [1.165, 1.54) is 11.2 Å². The van der Waals surface area contributed by atoms with Gasteiger partial charge in [0.1, 0.15) is 35.4 Å². The van der Waals surface area contributed by atoms with Crippen molar-refractivity contribution in [2.24, 2.45) is 0 Å². The molecule has 0 radical (unpaired) electrons. The number of hydrogen-bond acceptors (Lipinski definition) is 17. The number of nitrogen functional groups attached to an aromatic ring is 1. The minimum atomic E-state index is -0.680. The van der Waals surface area contributed by atoms with Gasteiger partial charge in [-0.2, -0.15) is 5.10 Å². The van der Waals surface area contributed by atoms with Crippen LogP contribution in [-0.4, -0.2) is 171 Å². The highest BCUT2D eigenvalue weighted by Gasteiger charge is 2.39. The number of aryl methyl sites for hydroxylation is 1. The number of para-hydroxylation sites is 1. The second-order valence-corrected chi connectivity index (χ2v) is 22.8. The lowest BCUT2D eigenvalue weighted by Gasteiger charge is -2.32. The van der Waals surface area contributed by atoms with Crippen molar-refractivity contribution >= 4 is 63.8 Å². The number of piperidine rings is 2. The number of nitrogens with one attached hydrogen (secondary N) is 3. The third kappa shape index (κ3) is 21.1. The molecule has 2 atom stereocenters. The van der Waals surface area contributed by atoms with Crippen molar-refractivity contribution in [1.29, 1.82) is 0 Å². The number of amides is 6. The number of hydrogen-bond donors (Lipinski definition) is 4. The van der Waals surface area contributed by atoms with Crippen LogP contribution in [0.15, 0.2) is 109 Å². The first-order valence-corrected chi connectivity index (χ1v) is 31.9. The van der Waals surface area contributed by atoms with E-state index in [0.717, 1.165) is 85.8 Å². The van der Waals surface area contributed by atoms with Crippen LogP contribution in [0.3, 0.4) is 0 Å². The van der Waals surface area contributed by atoms with E-state index < -0.39 is 11.9 Å². The van der Waals surface area contributed by atoms with Crippen LogP contribution in [0.1, 0.15) is 97.3 Å². The molecule has 6 amide bonds. The Kier molecular flexibility index (Phi) is 26.9. The normalized spacial score (nSPS) is 15.8. The van der Waals surface area contributed by atoms with Crippen molar-refractivity contribution in [1.82, 2.24) is 40.2 Å². The number of likely N-dealkylation sites (tertiary alicyclic amines) is 1. The summed E-state index contributed by atoms with van der Waals surface area (Å²) < 4.78 is 47.3. The fraction of sp³-hybridized carbons (Fsp3) is 0.463. The maximum absolute atomic E-state index is 13.2. The van der Waals surface area contributed by atoms with Crippen molar-refractivity contribution in [3.63, 3.8) is 0 Å². The van der Waals surface area contributed by atoms with Gasteiger partial charge in [0.15, 0.2) is 5.65 Å². The number of benzene rings is 4. The number of halogens is 1. The Labute approximate surface area is 535 Å². The predicted octanol–water partition coefficient (Wildman–Crippen LogP) is 9.02. The molecule has 4 aromatic carbocycles. The highest BCUT2D eigenvalue weighted by Crippen LogP contribution is 2.35. The zero-order valence-electron chi connectivity index (χ0n) is 51.5. The van der Waals surface area contributed by atoms with Crippen LogP contribution < -0.4 is 26.4 Å². The number of aromatic nitrogens is 4. The molecule has 23 nitrogen and oxygen atoms in total. The summed E-state index contributed by atoms with van der Waals surface area (Å²) in [5, 5.41) is 14.3. The summed E-state index contributed by atoms with van der Waals surface area (Å²) in [6.45, 7) is 8.15. The van der Waals surface area contributed by atoms with E-state index in [4.69, 9.17) is 60.3 Å². The average molecular weight is 1270 g/mol. The lowest BCUT2D eigenvalue weighted by molar-refractivity contribution is -0.137. The fourth-order valence-electron chi connectivity index (χ4n) is 11.0. The molecule has 24 heteroatoms. The molecule has 0 spiro atoms. The molecule has 0 bridgehead atoms. The molecule has 2 saturated heterocycles. The number of fused-ring (bicyclic) bond motifs is 2. The van der Waals surface area contributed by atoms with Gasteiger partial charge in [0, 0.05) is 67.1 Å². The highest BCUT2D eigenvalue weighted by atomic mass is 35.5. The molecule has 6 aromatic rings. The summed E-state index contributed by atoms with van der Waals surface area (Å²) in [5.74, 6) is 0.690. The van der Waals surface area contributed by atoms with Gasteiger partial charge in [0.2, 0.25) is 17.7 Å². The Morgan fingerprint density at radius 3 is 2.07 bits per heavy atom. The van der Waals surface area contributed by atoms with Gasteiger partial charge >= 0.3 is 6.03 Å². The van der Waals surface area contributed by atoms with E-state index in [0.29, 0.717) is 150 Å². The molecular weight excluding hydrogens is 1190 g/mol. The molecular formula is C67H83ClN10O13. The standard InChI is InChI=1S/C67H83ClN10O13/c68-52-41-48(42-53(43-52)73-67(83)70-44-49-17-22-57-51(40-49)45-77(66(57)82)58-23-24-59(79)74-65(58)81)12-6-3-1-2-4-9-26-84-28-30-86-32-34-88-36-38-90-39-37-89-35-33-87-31-29-85-27-11-16-60(80)76-25-10-13-54(46-76)78-64-61(63(69)71-47-72-64)62(75-78)50-18-20-56(21-19-50)91-55-14-7-5-8-15-55/h5,7-8,11,14-22,40-43,47,54,58H,1-4,6,9-10,12-13,23-39,44-46H2,(H2,69,71,72)(H2,70,73,83)(H,74,79,81)/b16-11+/t54-,58?/m1/s1. The van der Waals surface area contributed by atoms with Crippen LogP contribution in [0.5, 0.6) is 11.5 Å². The van der Waals surface area contributed by atoms with Gasteiger partial charge in [-0.25, -0.2) is 19.4 Å². The zero-order chi connectivity index (χ0) is 63.4. The molecule has 91 heavy (non-hydrogen) atoms. The van der Waals surface area contributed by atoms with Crippen LogP contribution in [0.2, 0.25) is 5.02 Å². The summed E-state index contributed by atoms with van der Waals surface area (Å²) in [7, 11) is 0. The second-order valence-electron chi connectivity index (χ2n) is 22.3. The minimum absolute atomic E-state index is 0.0867. The molecule has 2 aromatic heterocycles. The molecule has 2 fully saturated rings. The smallest absolute Gasteiger partial charge is 0.319 e. The quantitative estimate of drug-likeness (QED) is 0.0160. The molecule has 5 N–H and O–H groups in total. The molecule has 5 heterocycles. The number of nitrogens with zero attached hydrogens (tertiary/aromatic N) is 6. The topological polar surface area (TPSA) is 271 Å². The van der Waals surface area contributed by atoms with E-state index in [1.54, 1.807) is 30.4 Å². The number of rotatable bonds is 38. The minimum Gasteiger partial charge on any atom is -0.457 e. The SMILES string of the molecule is Nc1ncnc2c1c(-c1ccc(Oc3ccccc3)cc1)nn2[C@@H]1CCCN(C(=O)/C=C/COCCOCCOCCOCCOCCOCCOCCCCCCCCc2cc(Cl)cc(NC(=O)NCc3ccc4c(c3)CN(C3CCC(=O)NC3=O)C4=O)c2)C1. The maximum atomic E-state index is 13.2. The van der Waals surface area contributed by atoms with E-state index in [1.807, 2.05) is 82.4 Å². The van der Waals surface area contributed by atoms with Crippen LogP contribution >= 0.6 is 11.6 Å². The first kappa shape index (κ1) is 67.5. The second kappa shape index (κ2) is 36.2. The van der Waals surface area contributed by atoms with Crippen LogP contribution in [0.4, 0.5) is 16.3 Å². The molecule has 0 saturated carbocycles. The van der Waals surface area contributed by atoms with Gasteiger partial charge < -0.3 is 64.1 Å². The van der Waals surface area contributed by atoms with Crippen LogP contribution in [0.25, 0.3) is 22.3 Å². The third-order valence-corrected chi connectivity index (χ3v) is 15.9. The molecule has 486 valence electrons. The number of anilines is 2. The lowest BCUT2D eigenvalue weighted by atomic mass is 10.0. The zero-order valence-corrected chi connectivity index (χ0v) is 52.3. The molecule has 9 rings (SSSR count). The first-order valence-electron chi connectivity index (χ1n) is 31.5. The predicted molar refractivity (Wildman–Crippen MR) is 343 cm³/mol. The van der Waals surface area contributed by atoms with Gasteiger partial charge in [-0.05, 0) is 116 Å². The highest BCUT2D eigenvalue weighted by molar-refractivity contribution is 6.31. The van der Waals surface area contributed by atoms with Crippen molar-refractivity contribution in [2.75, 3.05) is 117 Å². The number of unbranched alkanes of at least 4 members (excludes halogenated alkanes) is 5. The maximum Gasteiger partial charge on any atom is 0.319 e. The number of ether oxygens (including phenoxy) is 8. The van der Waals surface area contributed by atoms with Crippen molar-refractivity contribution in [3.8, 4) is 22.8 Å². The largest absolute Gasteiger partial charge is 0.457 e. The van der Waals surface area contributed by atoms with Crippen molar-refractivity contribution < 1.29 is 61.9 Å². The van der Waals surface area contributed by atoms with Crippen molar-refractivity contribution in [3.05, 3.63) is 137 Å². The Morgan fingerprint density at radius 1 is 0.703 bits per heavy atom. The van der Waals surface area contributed by atoms with Crippen molar-refractivity contribution in [2.45, 2.75) is 95.8 Å². The Hall–Kier alpha value is -7.87. The summed E-state index contributed by atoms with van der Waals surface area (Å²) in [6.07, 6.45) is 14.2. The lowest BCUT2D eigenvalue weighted by Crippen LogP contribution is -2.52. The molecule has 1 unspecified atom stereocenters. The van der Waals surface area contributed by atoms with Gasteiger partial charge in [0.05, 0.1) is 97.3 Å². The monoisotopic (exact) mass is 1270 g/mol. The summed E-state index contributed by atoms with van der Waals surface area (Å²) in [4.78, 5) is 75.3. The van der Waals surface area contributed by atoms with Gasteiger partial charge in [-0.15, -0.1) is 0 Å². The average Bonchev–Trinajstić information content (AvgIpc) is 1.66. The number of carbonyl (C=O) groups is 5. The van der Waals surface area contributed by atoms with E-state index in [9.17, 15) is 24.0 Å². The van der Waals surface area contributed by atoms with E-state index in [-0.39, 0.29) is 55.9 Å². The van der Waals surface area contributed by atoms with Gasteiger partial charge in [0.25, 0.3) is 5.91 Å². The van der Waals surface area contributed by atoms with E-state index in [2.05, 4.69) is 25.9 Å². The van der Waals surface area contributed by atoms with Crippen LogP contribution in [-0.2, 0) is 67.1 Å². The first-order chi connectivity index (χ1) is 44.6. The number of carbonyl (C=O) groups excluding carboxylic acids is 5. The fourth-order valence-corrected chi connectivity index (χ4v) is 11.3. The Bertz CT molecular complexity index is 3350. The molecule has 3 aliphatic heterocycles.